The third-order valence-electron chi connectivity index (χ3n) is 4.76. The highest BCUT2D eigenvalue weighted by atomic mass is 79.9. The number of hydrogen-bond donors (Lipinski definition) is 0. The number of halogens is 4. The molecule has 0 atom stereocenters. The summed E-state index contributed by atoms with van der Waals surface area (Å²) < 4.78 is 19.9. The van der Waals surface area contributed by atoms with E-state index < -0.39 is 5.91 Å². The van der Waals surface area contributed by atoms with Gasteiger partial charge in [-0.15, -0.1) is 0 Å². The molecule has 1 saturated heterocycles. The molecule has 0 N–H and O–H groups in total. The van der Waals surface area contributed by atoms with Crippen LogP contribution in [0.25, 0.3) is 6.08 Å². The van der Waals surface area contributed by atoms with E-state index in [1.807, 2.05) is 12.1 Å². The predicted octanol–water partition coefficient (Wildman–Crippen LogP) is 7.71. The lowest BCUT2D eigenvalue weighted by Crippen LogP contribution is -2.27. The van der Waals surface area contributed by atoms with E-state index in [-0.39, 0.29) is 29.1 Å². The smallest absolute Gasteiger partial charge is 0.293 e. The second-order valence-electron chi connectivity index (χ2n) is 7.11. The second kappa shape index (κ2) is 10.3. The van der Waals surface area contributed by atoms with E-state index in [1.54, 1.807) is 42.5 Å². The molecule has 0 saturated carbocycles. The van der Waals surface area contributed by atoms with Crippen molar-refractivity contribution in [2.45, 2.75) is 13.2 Å². The van der Waals surface area contributed by atoms with Crippen molar-refractivity contribution in [2.75, 3.05) is 0 Å². The van der Waals surface area contributed by atoms with Crippen LogP contribution in [0.5, 0.6) is 5.75 Å². The Balaban J connectivity index is 1.54. The first-order chi connectivity index (χ1) is 15.8. The number of nitrogens with zero attached hydrogens (tertiary/aromatic N) is 1. The molecule has 0 unspecified atom stereocenters. The van der Waals surface area contributed by atoms with Crippen LogP contribution in [-0.4, -0.2) is 16.0 Å². The Morgan fingerprint density at radius 3 is 2.42 bits per heavy atom. The number of hydrogen-bond acceptors (Lipinski definition) is 4. The topological polar surface area (TPSA) is 46.6 Å². The van der Waals surface area contributed by atoms with E-state index in [4.69, 9.17) is 27.9 Å². The number of rotatable bonds is 6. The Morgan fingerprint density at radius 1 is 0.970 bits per heavy atom. The van der Waals surface area contributed by atoms with Crippen molar-refractivity contribution < 1.29 is 18.7 Å². The molecular weight excluding hydrogens is 552 g/mol. The van der Waals surface area contributed by atoms with Gasteiger partial charge in [-0.1, -0.05) is 57.3 Å². The van der Waals surface area contributed by atoms with Crippen LogP contribution in [0.2, 0.25) is 10.0 Å². The zero-order chi connectivity index (χ0) is 23.5. The molecule has 3 aromatic carbocycles. The molecule has 0 aromatic heterocycles. The zero-order valence-electron chi connectivity index (χ0n) is 16.9. The van der Waals surface area contributed by atoms with Crippen molar-refractivity contribution in [3.63, 3.8) is 0 Å². The van der Waals surface area contributed by atoms with Crippen LogP contribution >= 0.6 is 50.9 Å². The maximum absolute atomic E-state index is 13.1. The Hall–Kier alpha value is -2.32. The average molecular weight is 567 g/mol. The standard InChI is InChI=1S/C24H15BrCl2FNO3S/c25-17-4-8-21(32-13-15-3-7-19(26)20(27)9-15)16(10-17)11-22-23(30)29(24(31)33-22)12-14-1-5-18(28)6-2-14/h1-11H,12-13H2/b22-11-. The maximum Gasteiger partial charge on any atom is 0.293 e. The maximum atomic E-state index is 13.1. The zero-order valence-corrected chi connectivity index (χ0v) is 20.8. The van der Waals surface area contributed by atoms with E-state index in [9.17, 15) is 14.0 Å². The van der Waals surface area contributed by atoms with Gasteiger partial charge in [0.25, 0.3) is 11.1 Å². The van der Waals surface area contributed by atoms with E-state index in [1.165, 1.54) is 12.1 Å². The number of carbonyl (C=O) groups excluding carboxylic acids is 2. The molecule has 3 aromatic rings. The fraction of sp³-hybridized carbons (Fsp3) is 0.0833. The summed E-state index contributed by atoms with van der Waals surface area (Å²) in [5.41, 5.74) is 2.13. The summed E-state index contributed by atoms with van der Waals surface area (Å²) in [5.74, 6) is -0.254. The SMILES string of the molecule is O=C1S/C(=C\c2cc(Br)ccc2OCc2ccc(Cl)c(Cl)c2)C(=O)N1Cc1ccc(F)cc1. The normalized spacial score (nSPS) is 14.9. The molecule has 2 amide bonds. The molecule has 1 aliphatic rings. The first kappa shape index (κ1) is 23.8. The second-order valence-corrected chi connectivity index (χ2v) is 9.84. The lowest BCUT2D eigenvalue weighted by molar-refractivity contribution is -0.123. The minimum Gasteiger partial charge on any atom is -0.488 e. The van der Waals surface area contributed by atoms with Crippen LogP contribution in [0, 0.1) is 5.82 Å². The van der Waals surface area contributed by atoms with E-state index in [2.05, 4.69) is 15.9 Å². The predicted molar refractivity (Wildman–Crippen MR) is 133 cm³/mol. The van der Waals surface area contributed by atoms with Crippen molar-refractivity contribution in [3.8, 4) is 5.75 Å². The first-order valence-corrected chi connectivity index (χ1v) is 12.0. The third-order valence-corrected chi connectivity index (χ3v) is 6.90. The molecule has 4 nitrogen and oxygen atoms in total. The largest absolute Gasteiger partial charge is 0.488 e. The summed E-state index contributed by atoms with van der Waals surface area (Å²) in [6.45, 7) is 0.312. The number of ether oxygens (including phenoxy) is 1. The monoisotopic (exact) mass is 565 g/mol. The first-order valence-electron chi connectivity index (χ1n) is 9.66. The quantitative estimate of drug-likeness (QED) is 0.287. The van der Waals surface area contributed by atoms with Gasteiger partial charge in [0.2, 0.25) is 0 Å². The Labute approximate surface area is 212 Å². The minimum atomic E-state index is -0.412. The molecular formula is C24H15BrCl2FNO3S. The molecule has 1 aliphatic heterocycles. The van der Waals surface area contributed by atoms with Gasteiger partial charge in [0.1, 0.15) is 18.2 Å². The summed E-state index contributed by atoms with van der Waals surface area (Å²) in [6.07, 6.45) is 1.63. The highest BCUT2D eigenvalue weighted by molar-refractivity contribution is 9.10. The Kier molecular flexibility index (Phi) is 7.44. The van der Waals surface area contributed by atoms with Gasteiger partial charge in [0, 0.05) is 10.0 Å². The van der Waals surface area contributed by atoms with Crippen molar-refractivity contribution in [1.29, 1.82) is 0 Å². The van der Waals surface area contributed by atoms with Gasteiger partial charge in [-0.2, -0.15) is 0 Å². The van der Waals surface area contributed by atoms with Gasteiger partial charge >= 0.3 is 0 Å². The molecule has 1 fully saturated rings. The molecule has 168 valence electrons. The molecule has 0 bridgehead atoms. The van der Waals surface area contributed by atoms with Crippen molar-refractivity contribution in [1.82, 2.24) is 4.90 Å². The average Bonchev–Trinajstić information content (AvgIpc) is 3.04. The number of benzene rings is 3. The summed E-state index contributed by atoms with van der Waals surface area (Å²) in [7, 11) is 0. The third kappa shape index (κ3) is 5.79. The van der Waals surface area contributed by atoms with Crippen molar-refractivity contribution in [2.24, 2.45) is 0 Å². The van der Waals surface area contributed by atoms with Gasteiger partial charge in [-0.05, 0) is 71.4 Å². The molecule has 0 aliphatic carbocycles. The molecule has 0 spiro atoms. The van der Waals surface area contributed by atoms with Gasteiger partial charge < -0.3 is 4.74 Å². The van der Waals surface area contributed by atoms with Crippen molar-refractivity contribution in [3.05, 3.63) is 103 Å². The fourth-order valence-corrected chi connectivity index (χ4v) is 4.63. The summed E-state index contributed by atoms with van der Waals surface area (Å²) in [6, 6.07) is 16.3. The summed E-state index contributed by atoms with van der Waals surface area (Å²) in [4.78, 5) is 26.8. The van der Waals surface area contributed by atoms with Gasteiger partial charge in [-0.25, -0.2) is 4.39 Å². The molecule has 33 heavy (non-hydrogen) atoms. The number of carbonyl (C=O) groups is 2. The molecule has 9 heteroatoms. The minimum absolute atomic E-state index is 0.0709. The van der Waals surface area contributed by atoms with Crippen molar-refractivity contribution >= 4 is 68.1 Å². The number of amides is 2. The lowest BCUT2D eigenvalue weighted by atomic mass is 10.1. The van der Waals surface area contributed by atoms with Gasteiger partial charge in [-0.3, -0.25) is 14.5 Å². The highest BCUT2D eigenvalue weighted by Gasteiger charge is 2.35. The van der Waals surface area contributed by atoms with Crippen LogP contribution in [0.1, 0.15) is 16.7 Å². The van der Waals surface area contributed by atoms with Crippen LogP contribution in [0.4, 0.5) is 9.18 Å². The summed E-state index contributed by atoms with van der Waals surface area (Å²) >= 11 is 16.3. The van der Waals surface area contributed by atoms with Crippen LogP contribution in [0.15, 0.2) is 70.0 Å². The Bertz CT molecular complexity index is 1270. The highest BCUT2D eigenvalue weighted by Crippen LogP contribution is 2.36. The van der Waals surface area contributed by atoms with Gasteiger partial charge in [0.15, 0.2) is 0 Å². The number of imide groups is 1. The van der Waals surface area contributed by atoms with E-state index in [0.717, 1.165) is 26.7 Å². The van der Waals surface area contributed by atoms with E-state index in [0.29, 0.717) is 26.9 Å². The molecule has 4 rings (SSSR count). The van der Waals surface area contributed by atoms with Crippen LogP contribution < -0.4 is 4.74 Å². The van der Waals surface area contributed by atoms with Crippen LogP contribution in [0.3, 0.4) is 0 Å². The molecule has 1 heterocycles. The number of thioether (sulfide) groups is 1. The van der Waals surface area contributed by atoms with Crippen LogP contribution in [-0.2, 0) is 17.9 Å². The van der Waals surface area contributed by atoms with Gasteiger partial charge in [0.05, 0.1) is 21.5 Å². The van der Waals surface area contributed by atoms with E-state index >= 15 is 0 Å². The Morgan fingerprint density at radius 2 is 1.70 bits per heavy atom. The fourth-order valence-electron chi connectivity index (χ4n) is 3.10. The summed E-state index contributed by atoms with van der Waals surface area (Å²) in [5, 5.41) is 0.508. The molecule has 0 radical (unpaired) electrons. The lowest BCUT2D eigenvalue weighted by Gasteiger charge is -2.13.